The summed E-state index contributed by atoms with van der Waals surface area (Å²) < 4.78 is 5.11. The van der Waals surface area contributed by atoms with Crippen LogP contribution >= 0.6 is 0 Å². The van der Waals surface area contributed by atoms with Crippen LogP contribution in [0.3, 0.4) is 0 Å². The maximum Gasteiger partial charge on any atom is 0.410 e. The third-order valence-electron chi connectivity index (χ3n) is 3.32. The molecule has 2 aliphatic rings. The number of nitrogens with two attached hydrogens (primary N) is 1. The molecule has 0 aromatic heterocycles. The van der Waals surface area contributed by atoms with E-state index in [4.69, 9.17) is 10.5 Å². The smallest absolute Gasteiger partial charge is 0.410 e. The number of likely N-dealkylation sites (tertiary alicyclic amines) is 1. The highest BCUT2D eigenvalue weighted by atomic mass is 16.6. The molecule has 2 atom stereocenters. The van der Waals surface area contributed by atoms with Crippen LogP contribution in [0.5, 0.6) is 0 Å². The number of amides is 1. The summed E-state index contributed by atoms with van der Waals surface area (Å²) in [5.41, 5.74) is 5.48. The van der Waals surface area contributed by atoms with Gasteiger partial charge in [0, 0.05) is 19.1 Å². The molecule has 1 amide bonds. The summed E-state index contributed by atoms with van der Waals surface area (Å²) in [6.07, 6.45) is 2.09. The summed E-state index contributed by atoms with van der Waals surface area (Å²) in [6.45, 7) is 2.99. The van der Waals surface area contributed by atoms with Crippen LogP contribution in [0.15, 0.2) is 0 Å². The number of cyclic esters (lactones) is 1. The summed E-state index contributed by atoms with van der Waals surface area (Å²) in [4.78, 5) is 15.6. The predicted octanol–water partition coefficient (Wildman–Crippen LogP) is -0.140. The minimum absolute atomic E-state index is 0.107. The van der Waals surface area contributed by atoms with Crippen LogP contribution in [0.1, 0.15) is 12.8 Å². The highest BCUT2D eigenvalue weighted by Crippen LogP contribution is 2.19. The number of likely N-dealkylation sites (N-methyl/N-ethyl adjacent to an activating group) is 1. The van der Waals surface area contributed by atoms with E-state index in [2.05, 4.69) is 11.9 Å². The first-order valence-corrected chi connectivity index (χ1v) is 5.56. The van der Waals surface area contributed by atoms with Gasteiger partial charge in [-0.3, -0.25) is 0 Å². The van der Waals surface area contributed by atoms with Crippen molar-refractivity contribution in [2.45, 2.75) is 25.0 Å². The summed E-state index contributed by atoms with van der Waals surface area (Å²) in [6, 6.07) is 0.495. The molecule has 2 rings (SSSR count). The SMILES string of the molecule is CN1CCCC1CN1C[C@H](CN)OC1=O. The number of hydrogen-bond acceptors (Lipinski definition) is 4. The molecule has 2 aliphatic heterocycles. The second kappa shape index (κ2) is 4.37. The van der Waals surface area contributed by atoms with Gasteiger partial charge in [0.05, 0.1) is 6.54 Å². The van der Waals surface area contributed by atoms with E-state index in [1.165, 1.54) is 12.8 Å². The Morgan fingerprint density at radius 1 is 1.60 bits per heavy atom. The van der Waals surface area contributed by atoms with Gasteiger partial charge in [-0.1, -0.05) is 0 Å². The first-order chi connectivity index (χ1) is 7.20. The number of nitrogens with zero attached hydrogens (tertiary/aromatic N) is 2. The molecule has 86 valence electrons. The van der Waals surface area contributed by atoms with Crippen molar-refractivity contribution in [2.24, 2.45) is 5.73 Å². The zero-order chi connectivity index (χ0) is 10.8. The Hall–Kier alpha value is -0.810. The Morgan fingerprint density at radius 2 is 2.40 bits per heavy atom. The summed E-state index contributed by atoms with van der Waals surface area (Å²) >= 11 is 0. The van der Waals surface area contributed by atoms with Crippen LogP contribution in [-0.4, -0.2) is 61.3 Å². The van der Waals surface area contributed by atoms with Crippen molar-refractivity contribution in [3.8, 4) is 0 Å². The van der Waals surface area contributed by atoms with E-state index >= 15 is 0 Å². The van der Waals surface area contributed by atoms with E-state index in [1.807, 2.05) is 0 Å². The third-order valence-corrected chi connectivity index (χ3v) is 3.32. The van der Waals surface area contributed by atoms with Crippen LogP contribution in [0.2, 0.25) is 0 Å². The average molecular weight is 213 g/mol. The monoisotopic (exact) mass is 213 g/mol. The number of ether oxygens (including phenoxy) is 1. The molecule has 0 saturated carbocycles. The molecule has 0 radical (unpaired) electrons. The first-order valence-electron chi connectivity index (χ1n) is 5.56. The van der Waals surface area contributed by atoms with Crippen LogP contribution in [0.4, 0.5) is 4.79 Å². The quantitative estimate of drug-likeness (QED) is 0.709. The lowest BCUT2D eigenvalue weighted by atomic mass is 10.2. The van der Waals surface area contributed by atoms with Crippen molar-refractivity contribution in [3.05, 3.63) is 0 Å². The van der Waals surface area contributed by atoms with Crippen molar-refractivity contribution in [2.75, 3.05) is 33.2 Å². The molecule has 5 heteroatoms. The standard InChI is InChI=1S/C10H19N3O2/c1-12-4-2-3-8(12)6-13-7-9(5-11)15-10(13)14/h8-9H,2-7,11H2,1H3/t8?,9-/m0/s1. The molecule has 0 bridgehead atoms. The van der Waals surface area contributed by atoms with Gasteiger partial charge in [0.2, 0.25) is 0 Å². The lowest BCUT2D eigenvalue weighted by Crippen LogP contribution is -2.39. The van der Waals surface area contributed by atoms with Crippen molar-refractivity contribution in [3.63, 3.8) is 0 Å². The van der Waals surface area contributed by atoms with Gasteiger partial charge in [-0.2, -0.15) is 0 Å². The van der Waals surface area contributed by atoms with E-state index in [-0.39, 0.29) is 12.2 Å². The van der Waals surface area contributed by atoms with Gasteiger partial charge in [-0.05, 0) is 26.4 Å². The molecular weight excluding hydrogens is 194 g/mol. The summed E-state index contributed by atoms with van der Waals surface area (Å²) in [7, 11) is 2.11. The lowest BCUT2D eigenvalue weighted by Gasteiger charge is -2.23. The molecule has 0 aromatic rings. The highest BCUT2D eigenvalue weighted by molar-refractivity contribution is 5.70. The summed E-state index contributed by atoms with van der Waals surface area (Å²) in [5.74, 6) is 0. The van der Waals surface area contributed by atoms with Gasteiger partial charge in [-0.25, -0.2) is 4.79 Å². The lowest BCUT2D eigenvalue weighted by molar-refractivity contribution is 0.131. The fraction of sp³-hybridized carbons (Fsp3) is 0.900. The molecule has 2 heterocycles. The average Bonchev–Trinajstić information content (AvgIpc) is 2.76. The van der Waals surface area contributed by atoms with Crippen LogP contribution in [0, 0.1) is 0 Å². The molecule has 0 aliphatic carbocycles. The van der Waals surface area contributed by atoms with E-state index in [0.717, 1.165) is 13.1 Å². The maximum absolute atomic E-state index is 11.5. The van der Waals surface area contributed by atoms with Gasteiger partial charge in [0.1, 0.15) is 6.10 Å². The topological polar surface area (TPSA) is 58.8 Å². The fourth-order valence-electron chi connectivity index (χ4n) is 2.31. The zero-order valence-corrected chi connectivity index (χ0v) is 9.19. The minimum atomic E-state index is -0.203. The Bertz CT molecular complexity index is 247. The van der Waals surface area contributed by atoms with Crippen molar-refractivity contribution < 1.29 is 9.53 Å². The second-order valence-corrected chi connectivity index (χ2v) is 4.42. The Balaban J connectivity index is 1.86. The van der Waals surface area contributed by atoms with Crippen molar-refractivity contribution >= 4 is 6.09 Å². The normalized spacial score (nSPS) is 32.4. The van der Waals surface area contributed by atoms with Gasteiger partial charge in [0.25, 0.3) is 0 Å². The van der Waals surface area contributed by atoms with Gasteiger partial charge < -0.3 is 20.3 Å². The maximum atomic E-state index is 11.5. The van der Waals surface area contributed by atoms with Gasteiger partial charge >= 0.3 is 6.09 Å². The zero-order valence-electron chi connectivity index (χ0n) is 9.19. The van der Waals surface area contributed by atoms with Crippen LogP contribution < -0.4 is 5.73 Å². The fourth-order valence-corrected chi connectivity index (χ4v) is 2.31. The number of hydrogen-bond donors (Lipinski definition) is 1. The molecule has 0 aromatic carbocycles. The molecule has 15 heavy (non-hydrogen) atoms. The largest absolute Gasteiger partial charge is 0.443 e. The van der Waals surface area contributed by atoms with Crippen molar-refractivity contribution in [1.29, 1.82) is 0 Å². The third kappa shape index (κ3) is 2.23. The number of carbonyl (C=O) groups is 1. The molecule has 2 fully saturated rings. The van der Waals surface area contributed by atoms with E-state index in [0.29, 0.717) is 19.1 Å². The van der Waals surface area contributed by atoms with Crippen LogP contribution in [-0.2, 0) is 4.74 Å². The van der Waals surface area contributed by atoms with Crippen molar-refractivity contribution in [1.82, 2.24) is 9.80 Å². The summed E-state index contributed by atoms with van der Waals surface area (Å²) in [5, 5.41) is 0. The molecule has 5 nitrogen and oxygen atoms in total. The number of rotatable bonds is 3. The van der Waals surface area contributed by atoms with Crippen LogP contribution in [0.25, 0.3) is 0 Å². The second-order valence-electron chi connectivity index (χ2n) is 4.42. The Morgan fingerprint density at radius 3 is 2.93 bits per heavy atom. The predicted molar refractivity (Wildman–Crippen MR) is 56.5 cm³/mol. The molecule has 2 saturated heterocycles. The first kappa shape index (κ1) is 10.7. The number of carbonyl (C=O) groups excluding carboxylic acids is 1. The Kier molecular flexibility index (Phi) is 3.11. The molecular formula is C10H19N3O2. The van der Waals surface area contributed by atoms with E-state index in [1.54, 1.807) is 4.90 Å². The van der Waals surface area contributed by atoms with E-state index in [9.17, 15) is 4.79 Å². The van der Waals surface area contributed by atoms with Gasteiger partial charge in [-0.15, -0.1) is 0 Å². The van der Waals surface area contributed by atoms with E-state index < -0.39 is 0 Å². The Labute approximate surface area is 90.1 Å². The van der Waals surface area contributed by atoms with Gasteiger partial charge in [0.15, 0.2) is 0 Å². The molecule has 1 unspecified atom stereocenters. The molecule has 0 spiro atoms. The minimum Gasteiger partial charge on any atom is -0.443 e. The highest BCUT2D eigenvalue weighted by Gasteiger charge is 2.33. The molecule has 2 N–H and O–H groups in total.